The van der Waals surface area contributed by atoms with Gasteiger partial charge >= 0.3 is 5.97 Å². The van der Waals surface area contributed by atoms with E-state index in [-0.39, 0.29) is 0 Å². The molecular weight excluding hydrogens is 239 g/mol. The summed E-state index contributed by atoms with van der Waals surface area (Å²) in [5.41, 5.74) is 0.340. The smallest absolute Gasteiger partial charge is 0.324 e. The predicted octanol–water partition coefficient (Wildman–Crippen LogP) is 2.78. The molecule has 13 heavy (non-hydrogen) atoms. The van der Waals surface area contributed by atoms with Crippen LogP contribution in [0.3, 0.4) is 0 Å². The second-order valence-electron chi connectivity index (χ2n) is 2.64. The standard InChI is InChI=1S/C9H8BrFO2/c1-6(9(12)13-10)7-4-2-3-5-8(7)11/h2-6H,1H3. The molecule has 1 rings (SSSR count). The van der Waals surface area contributed by atoms with Crippen LogP contribution in [0.1, 0.15) is 18.4 Å². The molecule has 0 spiro atoms. The highest BCUT2D eigenvalue weighted by Gasteiger charge is 2.19. The van der Waals surface area contributed by atoms with Crippen molar-refractivity contribution in [3.05, 3.63) is 35.6 Å². The number of hydrogen-bond acceptors (Lipinski definition) is 2. The second kappa shape index (κ2) is 4.37. The quantitative estimate of drug-likeness (QED) is 0.803. The van der Waals surface area contributed by atoms with Gasteiger partial charge < -0.3 is 3.83 Å². The van der Waals surface area contributed by atoms with Crippen LogP contribution in [0.2, 0.25) is 0 Å². The topological polar surface area (TPSA) is 26.3 Å². The molecule has 0 amide bonds. The van der Waals surface area contributed by atoms with Crippen LogP contribution < -0.4 is 0 Å². The van der Waals surface area contributed by atoms with E-state index in [9.17, 15) is 9.18 Å². The lowest BCUT2D eigenvalue weighted by molar-refractivity contribution is -0.133. The van der Waals surface area contributed by atoms with Gasteiger partial charge in [-0.25, -0.2) is 4.39 Å². The normalized spacial score (nSPS) is 12.2. The van der Waals surface area contributed by atoms with Crippen molar-refractivity contribution in [2.24, 2.45) is 0 Å². The van der Waals surface area contributed by atoms with Crippen LogP contribution in [-0.2, 0) is 8.62 Å². The molecule has 0 bridgehead atoms. The molecule has 0 radical (unpaired) electrons. The van der Waals surface area contributed by atoms with E-state index in [1.54, 1.807) is 25.1 Å². The Balaban J connectivity index is 2.95. The van der Waals surface area contributed by atoms with Crippen molar-refractivity contribution in [1.82, 2.24) is 0 Å². The Morgan fingerprint density at radius 3 is 2.69 bits per heavy atom. The molecule has 0 aliphatic rings. The van der Waals surface area contributed by atoms with Crippen molar-refractivity contribution in [3.8, 4) is 0 Å². The SMILES string of the molecule is CC(C(=O)OBr)c1ccccc1F. The maximum atomic E-state index is 13.1. The zero-order chi connectivity index (χ0) is 9.84. The number of hydrogen-bond donors (Lipinski definition) is 0. The summed E-state index contributed by atoms with van der Waals surface area (Å²) in [6.45, 7) is 1.59. The average Bonchev–Trinajstić information content (AvgIpc) is 2.16. The van der Waals surface area contributed by atoms with Crippen molar-refractivity contribution in [1.29, 1.82) is 0 Å². The third kappa shape index (κ3) is 2.28. The minimum Gasteiger partial charge on any atom is -0.383 e. The zero-order valence-corrected chi connectivity index (χ0v) is 8.55. The van der Waals surface area contributed by atoms with Gasteiger partial charge in [0, 0.05) is 5.56 Å². The van der Waals surface area contributed by atoms with Crippen LogP contribution in [0, 0.1) is 5.82 Å². The van der Waals surface area contributed by atoms with E-state index in [1.807, 2.05) is 0 Å². The Morgan fingerprint density at radius 1 is 1.54 bits per heavy atom. The summed E-state index contributed by atoms with van der Waals surface area (Å²) in [7, 11) is 0. The molecule has 1 unspecified atom stereocenters. The van der Waals surface area contributed by atoms with Gasteiger partial charge in [-0.2, -0.15) is 0 Å². The first-order chi connectivity index (χ1) is 6.16. The number of halogens is 2. The molecule has 0 saturated carbocycles. The number of carbonyl (C=O) groups is 1. The summed E-state index contributed by atoms with van der Waals surface area (Å²) in [5.74, 6) is -1.50. The summed E-state index contributed by atoms with van der Waals surface area (Å²) in [6.07, 6.45) is 0. The lowest BCUT2D eigenvalue weighted by Gasteiger charge is -2.08. The number of rotatable bonds is 2. The van der Waals surface area contributed by atoms with E-state index in [4.69, 9.17) is 0 Å². The Bertz CT molecular complexity index is 314. The maximum absolute atomic E-state index is 13.1. The molecule has 0 saturated heterocycles. The second-order valence-corrected chi connectivity index (χ2v) is 2.96. The van der Waals surface area contributed by atoms with Gasteiger partial charge in [-0.15, -0.1) is 0 Å². The fraction of sp³-hybridized carbons (Fsp3) is 0.222. The Kier molecular flexibility index (Phi) is 3.42. The summed E-state index contributed by atoms with van der Waals surface area (Å²) < 4.78 is 17.4. The Labute approximate surface area is 84.2 Å². The number of carbonyl (C=O) groups excluding carboxylic acids is 1. The minimum atomic E-state index is -0.597. The first-order valence-corrected chi connectivity index (χ1v) is 4.38. The predicted molar refractivity (Wildman–Crippen MR) is 49.8 cm³/mol. The third-order valence-electron chi connectivity index (χ3n) is 1.80. The van der Waals surface area contributed by atoms with Gasteiger partial charge in [0.25, 0.3) is 0 Å². The highest BCUT2D eigenvalue weighted by molar-refractivity contribution is 9.06. The first-order valence-electron chi connectivity index (χ1n) is 3.73. The van der Waals surface area contributed by atoms with Gasteiger partial charge in [-0.1, -0.05) is 18.2 Å². The van der Waals surface area contributed by atoms with Gasteiger partial charge in [-0.05, 0) is 13.0 Å². The van der Waals surface area contributed by atoms with Crippen LogP contribution in [0.25, 0.3) is 0 Å². The highest BCUT2D eigenvalue weighted by atomic mass is 79.9. The first kappa shape index (κ1) is 10.2. The van der Waals surface area contributed by atoms with E-state index in [0.717, 1.165) is 0 Å². The van der Waals surface area contributed by atoms with Gasteiger partial charge in [0.15, 0.2) is 16.3 Å². The fourth-order valence-electron chi connectivity index (χ4n) is 1.02. The highest BCUT2D eigenvalue weighted by Crippen LogP contribution is 2.20. The number of benzene rings is 1. The van der Waals surface area contributed by atoms with Crippen LogP contribution in [0.15, 0.2) is 24.3 Å². The van der Waals surface area contributed by atoms with Crippen LogP contribution in [-0.4, -0.2) is 5.97 Å². The molecule has 4 heteroatoms. The van der Waals surface area contributed by atoms with Gasteiger partial charge in [0.1, 0.15) is 5.82 Å². The maximum Gasteiger partial charge on any atom is 0.324 e. The Morgan fingerprint density at radius 2 is 2.15 bits per heavy atom. The minimum absolute atomic E-state index is 0.340. The summed E-state index contributed by atoms with van der Waals surface area (Å²) in [4.78, 5) is 11.0. The summed E-state index contributed by atoms with van der Waals surface area (Å²) in [6, 6.07) is 6.12. The summed E-state index contributed by atoms with van der Waals surface area (Å²) >= 11 is 2.57. The molecule has 0 aromatic heterocycles. The van der Waals surface area contributed by atoms with Gasteiger partial charge in [0.05, 0.1) is 5.92 Å². The van der Waals surface area contributed by atoms with Crippen molar-refractivity contribution < 1.29 is 13.0 Å². The van der Waals surface area contributed by atoms with Crippen molar-refractivity contribution in [3.63, 3.8) is 0 Å². The molecule has 2 nitrogen and oxygen atoms in total. The van der Waals surface area contributed by atoms with Crippen LogP contribution in [0.5, 0.6) is 0 Å². The molecule has 1 atom stereocenters. The molecule has 0 heterocycles. The molecule has 0 fully saturated rings. The van der Waals surface area contributed by atoms with E-state index >= 15 is 0 Å². The van der Waals surface area contributed by atoms with Crippen molar-refractivity contribution in [2.45, 2.75) is 12.8 Å². The molecule has 0 aliphatic carbocycles. The van der Waals surface area contributed by atoms with Gasteiger partial charge in [0.2, 0.25) is 0 Å². The fourth-order valence-corrected chi connectivity index (χ4v) is 1.30. The Hall–Kier alpha value is -0.900. The van der Waals surface area contributed by atoms with E-state index in [0.29, 0.717) is 5.56 Å². The lowest BCUT2D eigenvalue weighted by atomic mass is 10.0. The molecule has 0 N–H and O–H groups in total. The van der Waals surface area contributed by atoms with E-state index in [2.05, 4.69) is 20.1 Å². The average molecular weight is 247 g/mol. The monoisotopic (exact) mass is 246 g/mol. The van der Waals surface area contributed by atoms with Crippen molar-refractivity contribution >= 4 is 22.2 Å². The van der Waals surface area contributed by atoms with Gasteiger partial charge in [-0.3, -0.25) is 4.79 Å². The van der Waals surface area contributed by atoms with Crippen LogP contribution in [0.4, 0.5) is 4.39 Å². The van der Waals surface area contributed by atoms with E-state index < -0.39 is 17.7 Å². The van der Waals surface area contributed by atoms with Crippen LogP contribution >= 0.6 is 16.3 Å². The zero-order valence-electron chi connectivity index (χ0n) is 6.96. The third-order valence-corrected chi connectivity index (χ3v) is 2.12. The van der Waals surface area contributed by atoms with Crippen molar-refractivity contribution in [2.75, 3.05) is 0 Å². The molecule has 1 aromatic rings. The lowest BCUT2D eigenvalue weighted by Crippen LogP contribution is -2.09. The molecule has 70 valence electrons. The van der Waals surface area contributed by atoms with E-state index in [1.165, 1.54) is 6.07 Å². The molecule has 0 aliphatic heterocycles. The molecular formula is C9H8BrFO2. The largest absolute Gasteiger partial charge is 0.383 e. The molecule has 1 aromatic carbocycles. The summed E-state index contributed by atoms with van der Waals surface area (Å²) in [5, 5.41) is 0.